The van der Waals surface area contributed by atoms with E-state index < -0.39 is 0 Å². The first-order chi connectivity index (χ1) is 14.9. The number of benzene rings is 1. The molecule has 0 aliphatic carbocycles. The Bertz CT molecular complexity index is 1100. The number of hydrogen-bond donors (Lipinski definition) is 3. The molecule has 1 aliphatic heterocycles. The highest BCUT2D eigenvalue weighted by molar-refractivity contribution is 6.00. The molecule has 8 heteroatoms. The molecule has 8 nitrogen and oxygen atoms in total. The lowest BCUT2D eigenvalue weighted by molar-refractivity contribution is 0.0937. The summed E-state index contributed by atoms with van der Waals surface area (Å²) in [5.74, 6) is 2.03. The molecule has 2 aromatic heterocycles. The first-order valence-electron chi connectivity index (χ1n) is 10.8. The summed E-state index contributed by atoms with van der Waals surface area (Å²) in [7, 11) is 1.82. The van der Waals surface area contributed by atoms with Crippen molar-refractivity contribution in [1.82, 2.24) is 19.9 Å². The highest BCUT2D eigenvalue weighted by Gasteiger charge is 2.21. The Kier molecular flexibility index (Phi) is 5.71. The zero-order valence-electron chi connectivity index (χ0n) is 18.6. The minimum atomic E-state index is -0.177. The SMILES string of the molecule is CCC(C)(C)CNC(=O)c1cnn2c(NC)cc(Nc3cccc4c3OCCC4)nc12. The van der Waals surface area contributed by atoms with Gasteiger partial charge in [0.25, 0.3) is 5.91 Å². The van der Waals surface area contributed by atoms with E-state index in [1.165, 1.54) is 5.56 Å². The van der Waals surface area contributed by atoms with Crippen LogP contribution in [0.5, 0.6) is 5.75 Å². The molecule has 3 heterocycles. The van der Waals surface area contributed by atoms with Crippen LogP contribution in [0.3, 0.4) is 0 Å². The first-order valence-corrected chi connectivity index (χ1v) is 10.8. The Morgan fingerprint density at radius 2 is 2.16 bits per heavy atom. The third kappa shape index (κ3) is 4.28. The van der Waals surface area contributed by atoms with Gasteiger partial charge in [-0.3, -0.25) is 4.79 Å². The van der Waals surface area contributed by atoms with Crippen LogP contribution < -0.4 is 20.7 Å². The van der Waals surface area contributed by atoms with Gasteiger partial charge < -0.3 is 20.7 Å². The number of aryl methyl sites for hydroxylation is 1. The fraction of sp³-hybridized carbons (Fsp3) is 0.435. The summed E-state index contributed by atoms with van der Waals surface area (Å²) in [6.45, 7) is 7.67. The predicted molar refractivity (Wildman–Crippen MR) is 122 cm³/mol. The maximum atomic E-state index is 12.9. The number of nitrogens with one attached hydrogen (secondary N) is 3. The summed E-state index contributed by atoms with van der Waals surface area (Å²) >= 11 is 0. The third-order valence-electron chi connectivity index (χ3n) is 5.85. The lowest BCUT2D eigenvalue weighted by Crippen LogP contribution is -2.33. The van der Waals surface area contributed by atoms with Crippen molar-refractivity contribution in [3.8, 4) is 5.75 Å². The van der Waals surface area contributed by atoms with Crippen LogP contribution in [0.4, 0.5) is 17.3 Å². The summed E-state index contributed by atoms with van der Waals surface area (Å²) in [4.78, 5) is 17.6. The van der Waals surface area contributed by atoms with Gasteiger partial charge in [0.15, 0.2) is 5.65 Å². The Balaban J connectivity index is 1.67. The molecule has 0 bridgehead atoms. The van der Waals surface area contributed by atoms with Crippen molar-refractivity contribution in [2.75, 3.05) is 30.8 Å². The largest absolute Gasteiger partial charge is 0.491 e. The Morgan fingerprint density at radius 3 is 2.94 bits per heavy atom. The van der Waals surface area contributed by atoms with Crippen molar-refractivity contribution in [3.63, 3.8) is 0 Å². The van der Waals surface area contributed by atoms with Gasteiger partial charge in [-0.15, -0.1) is 0 Å². The summed E-state index contributed by atoms with van der Waals surface area (Å²) in [5.41, 5.74) is 3.02. The van der Waals surface area contributed by atoms with E-state index in [-0.39, 0.29) is 11.3 Å². The number of ether oxygens (including phenoxy) is 1. The number of hydrogen-bond acceptors (Lipinski definition) is 6. The van der Waals surface area contributed by atoms with Crippen LogP contribution in [0, 0.1) is 5.41 Å². The number of rotatable bonds is 7. The Hall–Kier alpha value is -3.29. The van der Waals surface area contributed by atoms with Gasteiger partial charge in [-0.05, 0) is 36.3 Å². The number of para-hydroxylation sites is 1. The van der Waals surface area contributed by atoms with Crippen LogP contribution in [0.1, 0.15) is 49.5 Å². The number of carbonyl (C=O) groups excluding carboxylic acids is 1. The first kappa shape index (κ1) is 21.0. The quantitative estimate of drug-likeness (QED) is 0.533. The number of fused-ring (bicyclic) bond motifs is 2. The van der Waals surface area contributed by atoms with E-state index in [0.29, 0.717) is 30.2 Å². The lowest BCUT2D eigenvalue weighted by Gasteiger charge is -2.22. The zero-order chi connectivity index (χ0) is 22.0. The molecule has 1 aliphatic rings. The van der Waals surface area contributed by atoms with Crippen LogP contribution in [0.15, 0.2) is 30.5 Å². The smallest absolute Gasteiger partial charge is 0.256 e. The Morgan fingerprint density at radius 1 is 1.32 bits per heavy atom. The molecular weight excluding hydrogens is 392 g/mol. The second-order valence-electron chi connectivity index (χ2n) is 8.64. The standard InChI is InChI=1S/C23H30N6O2/c1-5-23(2,3)14-25-22(30)16-13-26-29-19(24-4)12-18(28-21(16)29)27-17-10-6-8-15-9-7-11-31-20(15)17/h6,8,10,12-13,24H,5,7,9,11,14H2,1-4H3,(H,25,30)(H,27,28). The summed E-state index contributed by atoms with van der Waals surface area (Å²) < 4.78 is 7.55. The predicted octanol–water partition coefficient (Wildman–Crippen LogP) is 4.01. The molecule has 0 radical (unpaired) electrons. The van der Waals surface area contributed by atoms with Crippen LogP contribution in [-0.2, 0) is 6.42 Å². The van der Waals surface area contributed by atoms with Gasteiger partial charge in [-0.1, -0.05) is 32.9 Å². The van der Waals surface area contributed by atoms with Gasteiger partial charge in [0.2, 0.25) is 0 Å². The second kappa shape index (κ2) is 8.45. The molecule has 164 valence electrons. The summed E-state index contributed by atoms with van der Waals surface area (Å²) in [6.07, 6.45) is 4.56. The van der Waals surface area contributed by atoms with E-state index in [1.54, 1.807) is 10.7 Å². The van der Waals surface area contributed by atoms with Gasteiger partial charge in [0, 0.05) is 19.7 Å². The summed E-state index contributed by atoms with van der Waals surface area (Å²) in [5, 5.41) is 13.9. The van der Waals surface area contributed by atoms with Crippen molar-refractivity contribution < 1.29 is 9.53 Å². The Labute approximate surface area is 182 Å². The third-order valence-corrected chi connectivity index (χ3v) is 5.85. The van der Waals surface area contributed by atoms with Crippen LogP contribution in [0.2, 0.25) is 0 Å². The van der Waals surface area contributed by atoms with Crippen LogP contribution >= 0.6 is 0 Å². The number of amides is 1. The van der Waals surface area contributed by atoms with Crippen molar-refractivity contribution in [2.45, 2.75) is 40.0 Å². The van der Waals surface area contributed by atoms with Gasteiger partial charge in [0.05, 0.1) is 18.5 Å². The maximum Gasteiger partial charge on any atom is 0.256 e. The molecule has 3 aromatic rings. The number of anilines is 3. The van der Waals surface area contributed by atoms with Crippen molar-refractivity contribution in [1.29, 1.82) is 0 Å². The van der Waals surface area contributed by atoms with Gasteiger partial charge >= 0.3 is 0 Å². The van der Waals surface area contributed by atoms with E-state index in [0.717, 1.165) is 36.5 Å². The van der Waals surface area contributed by atoms with Gasteiger partial charge in [0.1, 0.15) is 22.9 Å². The molecular formula is C23H30N6O2. The van der Waals surface area contributed by atoms with Crippen molar-refractivity contribution in [2.24, 2.45) is 5.41 Å². The molecule has 0 fully saturated rings. The highest BCUT2D eigenvalue weighted by atomic mass is 16.5. The number of nitrogens with zero attached hydrogens (tertiary/aromatic N) is 3. The van der Waals surface area contributed by atoms with E-state index in [9.17, 15) is 4.79 Å². The van der Waals surface area contributed by atoms with E-state index in [2.05, 4.69) is 47.9 Å². The van der Waals surface area contributed by atoms with E-state index >= 15 is 0 Å². The zero-order valence-corrected chi connectivity index (χ0v) is 18.6. The fourth-order valence-electron chi connectivity index (χ4n) is 3.53. The van der Waals surface area contributed by atoms with Crippen molar-refractivity contribution in [3.05, 3.63) is 41.6 Å². The van der Waals surface area contributed by atoms with Gasteiger partial charge in [-0.25, -0.2) is 4.98 Å². The maximum absolute atomic E-state index is 12.9. The average molecular weight is 423 g/mol. The lowest BCUT2D eigenvalue weighted by atomic mass is 9.90. The van der Waals surface area contributed by atoms with E-state index in [1.807, 2.05) is 25.2 Å². The molecule has 0 unspecified atom stereocenters. The topological polar surface area (TPSA) is 92.6 Å². The molecule has 0 saturated carbocycles. The average Bonchev–Trinajstić information content (AvgIpc) is 3.21. The van der Waals surface area contributed by atoms with Gasteiger partial charge in [-0.2, -0.15) is 9.61 Å². The van der Waals surface area contributed by atoms with Crippen LogP contribution in [-0.4, -0.2) is 40.7 Å². The van der Waals surface area contributed by atoms with Crippen molar-refractivity contribution >= 4 is 28.9 Å². The monoisotopic (exact) mass is 422 g/mol. The number of aromatic nitrogens is 3. The molecule has 4 rings (SSSR count). The molecule has 1 aromatic carbocycles. The van der Waals surface area contributed by atoms with E-state index in [4.69, 9.17) is 9.72 Å². The molecule has 0 saturated heterocycles. The molecule has 0 atom stereocenters. The summed E-state index contributed by atoms with van der Waals surface area (Å²) in [6, 6.07) is 7.95. The number of carbonyl (C=O) groups is 1. The minimum absolute atomic E-state index is 0.0291. The normalized spacial score (nSPS) is 13.4. The molecule has 31 heavy (non-hydrogen) atoms. The minimum Gasteiger partial charge on any atom is -0.491 e. The fourth-order valence-corrected chi connectivity index (χ4v) is 3.53. The molecule has 0 spiro atoms. The highest BCUT2D eigenvalue weighted by Crippen LogP contribution is 2.35. The molecule has 3 N–H and O–H groups in total. The van der Waals surface area contributed by atoms with Crippen LogP contribution in [0.25, 0.3) is 5.65 Å². The molecule has 1 amide bonds. The second-order valence-corrected chi connectivity index (χ2v) is 8.64.